The molecule has 0 bridgehead atoms. The maximum absolute atomic E-state index is 9.17. The van der Waals surface area contributed by atoms with Crippen LogP contribution in [0, 0.1) is 0 Å². The van der Waals surface area contributed by atoms with Crippen LogP contribution in [0.3, 0.4) is 0 Å². The maximum Gasteiger partial charge on any atom is 0.240 e. The molecule has 0 fully saturated rings. The van der Waals surface area contributed by atoms with Gasteiger partial charge in [-0.15, -0.1) is 0 Å². The Hall–Kier alpha value is -7.05. The highest BCUT2D eigenvalue weighted by Crippen LogP contribution is 2.39. The van der Waals surface area contributed by atoms with E-state index in [1.165, 1.54) is 0 Å². The molecule has 11 aromatic rings. The van der Waals surface area contributed by atoms with Crippen molar-refractivity contribution in [1.82, 2.24) is 24.1 Å². The van der Waals surface area contributed by atoms with Gasteiger partial charge >= 0.3 is 0 Å². The summed E-state index contributed by atoms with van der Waals surface area (Å²) in [6.45, 7) is 0. The number of furan rings is 1. The molecule has 0 aliphatic heterocycles. The van der Waals surface area contributed by atoms with Crippen molar-refractivity contribution >= 4 is 65.6 Å². The minimum Gasteiger partial charge on any atom is -0.456 e. The van der Waals surface area contributed by atoms with Crippen LogP contribution in [0.15, 0.2) is 168 Å². The molecule has 0 spiro atoms. The molecule has 51 heavy (non-hydrogen) atoms. The van der Waals surface area contributed by atoms with Crippen molar-refractivity contribution in [2.75, 3.05) is 0 Å². The molecule has 7 aromatic carbocycles. The Kier molecular flexibility index (Phi) is 3.48. The van der Waals surface area contributed by atoms with Crippen molar-refractivity contribution in [2.45, 2.75) is 0 Å². The fraction of sp³-hybridized carbons (Fsp3) is 0. The molecule has 238 valence electrons. The number of hydrogen-bond acceptors (Lipinski definition) is 4. The van der Waals surface area contributed by atoms with Crippen LogP contribution in [-0.4, -0.2) is 24.1 Å². The Morgan fingerprint density at radius 3 is 1.53 bits per heavy atom. The number of benzene rings is 7. The highest BCUT2D eigenvalue weighted by atomic mass is 16.3. The summed E-state index contributed by atoms with van der Waals surface area (Å²) < 4.78 is 150. The Bertz CT molecular complexity index is 3740. The Balaban J connectivity index is 1.35. The molecule has 0 amide bonds. The molecule has 4 aromatic heterocycles. The third-order valence-corrected chi connectivity index (χ3v) is 8.92. The first-order valence-corrected chi connectivity index (χ1v) is 15.7. The van der Waals surface area contributed by atoms with Gasteiger partial charge < -0.3 is 4.42 Å². The van der Waals surface area contributed by atoms with Gasteiger partial charge in [-0.25, -0.2) is 0 Å². The summed E-state index contributed by atoms with van der Waals surface area (Å²) in [5.41, 5.74) is 1.76. The minimum absolute atomic E-state index is 0.165. The van der Waals surface area contributed by atoms with Crippen LogP contribution in [-0.2, 0) is 0 Å². The van der Waals surface area contributed by atoms with E-state index in [1.54, 1.807) is 18.2 Å². The van der Waals surface area contributed by atoms with E-state index in [-0.39, 0.29) is 55.0 Å². The molecule has 11 rings (SSSR count). The number of nitrogens with zero attached hydrogens (tertiary/aromatic N) is 5. The quantitative estimate of drug-likeness (QED) is 0.187. The fourth-order valence-corrected chi connectivity index (χ4v) is 6.75. The van der Waals surface area contributed by atoms with Crippen LogP contribution in [0.1, 0.15) is 21.9 Å². The average Bonchev–Trinajstić information content (AvgIpc) is 4.02. The molecule has 6 nitrogen and oxygen atoms in total. The zero-order chi connectivity index (χ0) is 47.4. The van der Waals surface area contributed by atoms with Crippen LogP contribution in [0.4, 0.5) is 0 Å². The second kappa shape index (κ2) is 10.7. The first-order valence-electron chi connectivity index (χ1n) is 23.7. The number of rotatable bonds is 4. The Labute approximate surface area is 314 Å². The van der Waals surface area contributed by atoms with Gasteiger partial charge in [0.05, 0.1) is 44.0 Å². The predicted octanol–water partition coefficient (Wildman–Crippen LogP) is 11.3. The topological polar surface area (TPSA) is 61.7 Å². The van der Waals surface area contributed by atoms with Gasteiger partial charge in [-0.1, -0.05) is 115 Å². The zero-order valence-electron chi connectivity index (χ0n) is 42.0. The molecule has 0 aliphatic carbocycles. The Morgan fingerprint density at radius 2 is 0.980 bits per heavy atom. The summed E-state index contributed by atoms with van der Waals surface area (Å²) in [5, 5.41) is 0.292. The Morgan fingerprint density at radius 1 is 0.451 bits per heavy atom. The molecule has 0 unspecified atom stereocenters. The van der Waals surface area contributed by atoms with E-state index >= 15 is 0 Å². The number of fused-ring (bicyclic) bond motifs is 9. The van der Waals surface area contributed by atoms with E-state index < -0.39 is 109 Å². The van der Waals surface area contributed by atoms with Gasteiger partial charge in [0.15, 0.2) is 5.82 Å². The summed E-state index contributed by atoms with van der Waals surface area (Å²) in [6.07, 6.45) is 0. The molecule has 0 atom stereocenters. The van der Waals surface area contributed by atoms with Gasteiger partial charge in [-0.05, 0) is 59.6 Å². The van der Waals surface area contributed by atoms with Crippen LogP contribution in [0.2, 0.25) is 0 Å². The molecule has 0 radical (unpaired) electrons. The second-order valence-electron chi connectivity index (χ2n) is 11.7. The third-order valence-electron chi connectivity index (χ3n) is 8.92. The van der Waals surface area contributed by atoms with Crippen LogP contribution in [0.5, 0.6) is 0 Å². The lowest BCUT2D eigenvalue weighted by molar-refractivity contribution is 0.669. The molecule has 0 saturated carbocycles. The van der Waals surface area contributed by atoms with Gasteiger partial charge in [0.25, 0.3) is 0 Å². The maximum atomic E-state index is 9.17. The van der Waals surface area contributed by atoms with Gasteiger partial charge in [0.1, 0.15) is 11.2 Å². The first-order chi connectivity index (χ1) is 31.9. The van der Waals surface area contributed by atoms with Crippen molar-refractivity contribution in [2.24, 2.45) is 0 Å². The first kappa shape index (κ1) is 16.6. The fourth-order valence-electron chi connectivity index (χ4n) is 6.75. The van der Waals surface area contributed by atoms with Gasteiger partial charge in [-0.2, -0.15) is 15.0 Å². The molecule has 0 N–H and O–H groups in total. The summed E-state index contributed by atoms with van der Waals surface area (Å²) in [6, 6.07) is 9.74. The average molecular weight is 670 g/mol. The number of aromatic nitrogens is 5. The van der Waals surface area contributed by atoms with E-state index in [0.717, 1.165) is 25.6 Å². The molecular weight excluding hydrogens is 627 g/mol. The third kappa shape index (κ3) is 4.14. The summed E-state index contributed by atoms with van der Waals surface area (Å²) in [5.74, 6) is -1.12. The SMILES string of the molecule is [2H]c1c([2H])c([2H])c2c(c1[2H])c1c([2H])c([2H])c([2H])c([2H])c1n2-c1nc(-c2ccc3oc4cccc(-c5ccccc5)c4c3c2)nc(-n2c3c([2H])c([2H])c([2H])c([2H])c3c3c([2H])c([2H])c([2H])c([2H])c32)n1. The van der Waals surface area contributed by atoms with E-state index in [0.29, 0.717) is 16.6 Å². The minimum atomic E-state index is -0.702. The van der Waals surface area contributed by atoms with E-state index in [2.05, 4.69) is 0 Å². The highest BCUT2D eigenvalue weighted by Gasteiger charge is 2.21. The van der Waals surface area contributed by atoms with E-state index in [1.807, 2.05) is 48.5 Å². The lowest BCUT2D eigenvalue weighted by Crippen LogP contribution is -2.10. The summed E-state index contributed by atoms with van der Waals surface area (Å²) >= 11 is 0. The van der Waals surface area contributed by atoms with Gasteiger partial charge in [0, 0.05) is 37.9 Å². The molecular formula is C45H27N5O. The number of hydrogen-bond donors (Lipinski definition) is 0. The van der Waals surface area contributed by atoms with E-state index in [9.17, 15) is 5.48 Å². The molecule has 6 heteroatoms. The van der Waals surface area contributed by atoms with Crippen LogP contribution >= 0.6 is 0 Å². The second-order valence-corrected chi connectivity index (χ2v) is 11.7. The van der Waals surface area contributed by atoms with Crippen molar-refractivity contribution in [3.63, 3.8) is 0 Å². The van der Waals surface area contributed by atoms with Crippen molar-refractivity contribution in [3.8, 4) is 34.4 Å². The van der Waals surface area contributed by atoms with E-state index in [4.69, 9.17) is 35.8 Å². The van der Waals surface area contributed by atoms with Crippen molar-refractivity contribution in [1.29, 1.82) is 0 Å². The number of para-hydroxylation sites is 4. The summed E-state index contributed by atoms with van der Waals surface area (Å²) in [7, 11) is 0. The molecule has 4 heterocycles. The lowest BCUT2D eigenvalue weighted by atomic mass is 9.99. The van der Waals surface area contributed by atoms with Gasteiger partial charge in [-0.3, -0.25) is 9.13 Å². The van der Waals surface area contributed by atoms with Gasteiger partial charge in [0.2, 0.25) is 11.9 Å². The van der Waals surface area contributed by atoms with Crippen molar-refractivity contribution in [3.05, 3.63) is 163 Å². The van der Waals surface area contributed by atoms with Crippen LogP contribution < -0.4 is 0 Å². The summed E-state index contributed by atoms with van der Waals surface area (Å²) in [4.78, 5) is 14.5. The smallest absolute Gasteiger partial charge is 0.240 e. The van der Waals surface area contributed by atoms with Crippen LogP contribution in [0.25, 0.3) is 100.0 Å². The molecule has 0 aliphatic rings. The highest BCUT2D eigenvalue weighted by molar-refractivity contribution is 6.13. The lowest BCUT2D eigenvalue weighted by Gasteiger charge is -2.12. The monoisotopic (exact) mass is 669 g/mol. The normalized spacial score (nSPS) is 16.3. The zero-order valence-corrected chi connectivity index (χ0v) is 26.0. The van der Waals surface area contributed by atoms with Crippen molar-refractivity contribution < 1.29 is 26.3 Å². The predicted molar refractivity (Wildman–Crippen MR) is 207 cm³/mol. The largest absolute Gasteiger partial charge is 0.456 e. The standard InChI is InChI=1S/C45H27N5O/c1-2-13-28(14-3-1)30-19-12-24-41-42(30)35-27-29(25-26-40(35)51-41)43-46-44(49-36-20-8-4-15-31(36)32-16-5-9-21-37(32)49)48-45(47-43)50-38-22-10-6-17-33(38)34-18-7-11-23-39(34)50/h1-27H/i4D,5D,6D,7D,8D,9D,10D,11D,15D,16D,17D,18D,20D,21D,22D,23D. The molecule has 0 saturated heterocycles.